The van der Waals surface area contributed by atoms with Gasteiger partial charge in [0.1, 0.15) is 0 Å². The lowest BCUT2D eigenvalue weighted by Crippen LogP contribution is -2.28. The molecule has 0 spiro atoms. The van der Waals surface area contributed by atoms with Crippen molar-refractivity contribution in [3.63, 3.8) is 0 Å². The molecule has 0 atom stereocenters. The van der Waals surface area contributed by atoms with Crippen molar-refractivity contribution in [1.82, 2.24) is 9.38 Å². The third kappa shape index (κ3) is 3.06. The zero-order chi connectivity index (χ0) is 17.2. The van der Waals surface area contributed by atoms with E-state index in [1.807, 2.05) is 83.7 Å². The fourth-order valence-electron chi connectivity index (χ4n) is 2.77. The molecule has 0 unspecified atom stereocenters. The smallest absolute Gasteiger partial charge is 0.232 e. The van der Waals surface area contributed by atoms with Crippen LogP contribution in [-0.2, 0) is 11.2 Å². The summed E-state index contributed by atoms with van der Waals surface area (Å²) in [7, 11) is 1.81. The Morgan fingerprint density at radius 2 is 1.76 bits per heavy atom. The summed E-state index contributed by atoms with van der Waals surface area (Å²) in [5, 5.41) is 2.01. The number of carbonyl (C=O) groups excluding carboxylic acids is 1. The predicted molar refractivity (Wildman–Crippen MR) is 102 cm³/mol. The lowest BCUT2D eigenvalue weighted by Gasteiger charge is -2.16. The second kappa shape index (κ2) is 6.53. The van der Waals surface area contributed by atoms with E-state index in [0.717, 1.165) is 27.6 Å². The molecular weight excluding hydrogens is 330 g/mol. The minimum absolute atomic E-state index is 0.0564. The molecule has 2 aromatic heterocycles. The Hall–Kier alpha value is -2.92. The van der Waals surface area contributed by atoms with E-state index in [1.54, 1.807) is 16.2 Å². The molecule has 0 saturated carbocycles. The Kier molecular flexibility index (Phi) is 4.07. The molecular formula is C20H17N3OS. The Bertz CT molecular complexity index is 1010. The largest absolute Gasteiger partial charge is 0.315 e. The molecule has 0 N–H and O–H groups in total. The molecule has 2 aromatic carbocycles. The van der Waals surface area contributed by atoms with Crippen molar-refractivity contribution in [2.24, 2.45) is 0 Å². The zero-order valence-corrected chi connectivity index (χ0v) is 14.6. The van der Waals surface area contributed by atoms with Crippen LogP contribution < -0.4 is 4.90 Å². The first-order chi connectivity index (χ1) is 12.2. The zero-order valence-electron chi connectivity index (χ0n) is 13.8. The third-order valence-corrected chi connectivity index (χ3v) is 5.09. The molecule has 0 radical (unpaired) electrons. The second-order valence-electron chi connectivity index (χ2n) is 5.84. The summed E-state index contributed by atoms with van der Waals surface area (Å²) in [5.41, 5.74) is 3.87. The number of benzene rings is 2. The summed E-state index contributed by atoms with van der Waals surface area (Å²) in [6.07, 6.45) is 2.35. The molecule has 4 aromatic rings. The molecule has 0 bridgehead atoms. The molecule has 4 rings (SSSR count). The standard InChI is InChI=1S/C20H17N3OS/c1-22(16-10-6-3-7-11-16)19(24)12-17-14-25-20-21-18(13-23(17)20)15-8-4-2-5-9-15/h2-11,13-14H,12H2,1H3. The lowest BCUT2D eigenvalue weighted by atomic mass is 10.2. The van der Waals surface area contributed by atoms with E-state index >= 15 is 0 Å². The average Bonchev–Trinajstić information content (AvgIpc) is 3.24. The molecule has 0 aliphatic carbocycles. The van der Waals surface area contributed by atoms with Gasteiger partial charge in [-0.2, -0.15) is 0 Å². The normalized spacial score (nSPS) is 10.9. The van der Waals surface area contributed by atoms with Crippen LogP contribution in [0.1, 0.15) is 5.69 Å². The van der Waals surface area contributed by atoms with Gasteiger partial charge >= 0.3 is 0 Å². The Morgan fingerprint density at radius 1 is 1.08 bits per heavy atom. The number of thiazole rings is 1. The number of imidazole rings is 1. The van der Waals surface area contributed by atoms with Gasteiger partial charge in [-0.1, -0.05) is 48.5 Å². The van der Waals surface area contributed by atoms with Crippen molar-refractivity contribution in [1.29, 1.82) is 0 Å². The highest BCUT2D eigenvalue weighted by molar-refractivity contribution is 7.15. The van der Waals surface area contributed by atoms with E-state index in [2.05, 4.69) is 4.98 Å². The number of hydrogen-bond acceptors (Lipinski definition) is 3. The summed E-state index contributed by atoms with van der Waals surface area (Å²) in [6, 6.07) is 19.8. The van der Waals surface area contributed by atoms with Gasteiger partial charge in [0.2, 0.25) is 5.91 Å². The van der Waals surface area contributed by atoms with Crippen LogP contribution in [-0.4, -0.2) is 22.3 Å². The first kappa shape index (κ1) is 15.6. The average molecular weight is 347 g/mol. The van der Waals surface area contributed by atoms with Gasteiger partial charge in [0.25, 0.3) is 0 Å². The van der Waals surface area contributed by atoms with Gasteiger partial charge < -0.3 is 4.90 Å². The highest BCUT2D eigenvalue weighted by Crippen LogP contribution is 2.24. The van der Waals surface area contributed by atoms with E-state index in [1.165, 1.54) is 0 Å². The van der Waals surface area contributed by atoms with Gasteiger partial charge in [-0.15, -0.1) is 11.3 Å². The molecule has 1 amide bonds. The molecule has 0 fully saturated rings. The second-order valence-corrected chi connectivity index (χ2v) is 6.67. The molecule has 124 valence electrons. The van der Waals surface area contributed by atoms with Crippen LogP contribution >= 0.6 is 11.3 Å². The van der Waals surface area contributed by atoms with E-state index in [4.69, 9.17) is 0 Å². The Morgan fingerprint density at radius 3 is 2.48 bits per heavy atom. The summed E-state index contributed by atoms with van der Waals surface area (Å²) < 4.78 is 2.02. The quantitative estimate of drug-likeness (QED) is 0.553. The summed E-state index contributed by atoms with van der Waals surface area (Å²) in [4.78, 5) is 19.9. The number of carbonyl (C=O) groups is 1. The number of nitrogens with zero attached hydrogens (tertiary/aromatic N) is 3. The van der Waals surface area contributed by atoms with Gasteiger partial charge in [-0.3, -0.25) is 9.20 Å². The van der Waals surface area contributed by atoms with E-state index < -0.39 is 0 Å². The molecule has 25 heavy (non-hydrogen) atoms. The highest BCUT2D eigenvalue weighted by Gasteiger charge is 2.16. The topological polar surface area (TPSA) is 37.6 Å². The van der Waals surface area contributed by atoms with Crippen molar-refractivity contribution < 1.29 is 4.79 Å². The van der Waals surface area contributed by atoms with Gasteiger partial charge in [0.15, 0.2) is 4.96 Å². The van der Waals surface area contributed by atoms with Crippen LogP contribution in [0.15, 0.2) is 72.2 Å². The van der Waals surface area contributed by atoms with Gasteiger partial charge in [-0.05, 0) is 12.1 Å². The number of likely N-dealkylation sites (N-methyl/N-ethyl adjacent to an activating group) is 1. The summed E-state index contributed by atoms with van der Waals surface area (Å²) in [6.45, 7) is 0. The SMILES string of the molecule is CN(C(=O)Cc1csc2nc(-c3ccccc3)cn12)c1ccccc1. The molecule has 0 aliphatic rings. The molecule has 2 heterocycles. The van der Waals surface area contributed by atoms with E-state index in [-0.39, 0.29) is 5.91 Å². The monoisotopic (exact) mass is 347 g/mol. The number of hydrogen-bond donors (Lipinski definition) is 0. The Labute approximate surface area is 150 Å². The number of anilines is 1. The summed E-state index contributed by atoms with van der Waals surface area (Å²) >= 11 is 1.56. The third-order valence-electron chi connectivity index (χ3n) is 4.20. The van der Waals surface area contributed by atoms with Crippen LogP contribution in [0.2, 0.25) is 0 Å². The summed E-state index contributed by atoms with van der Waals surface area (Å²) in [5.74, 6) is 0.0564. The minimum Gasteiger partial charge on any atom is -0.315 e. The maximum absolute atomic E-state index is 12.6. The van der Waals surface area contributed by atoms with Crippen LogP contribution in [0.5, 0.6) is 0 Å². The first-order valence-corrected chi connectivity index (χ1v) is 8.93. The van der Waals surface area contributed by atoms with Crippen LogP contribution in [0.25, 0.3) is 16.2 Å². The molecule has 0 saturated heterocycles. The van der Waals surface area contributed by atoms with E-state index in [9.17, 15) is 4.79 Å². The van der Waals surface area contributed by atoms with Crippen molar-refractivity contribution in [3.05, 3.63) is 77.9 Å². The van der Waals surface area contributed by atoms with Crippen molar-refractivity contribution in [3.8, 4) is 11.3 Å². The first-order valence-electron chi connectivity index (χ1n) is 8.05. The van der Waals surface area contributed by atoms with Gasteiger partial charge in [0.05, 0.1) is 12.1 Å². The van der Waals surface area contributed by atoms with E-state index in [0.29, 0.717) is 6.42 Å². The van der Waals surface area contributed by atoms with Gasteiger partial charge in [-0.25, -0.2) is 4.98 Å². The van der Waals surface area contributed by atoms with Crippen LogP contribution in [0.4, 0.5) is 5.69 Å². The maximum atomic E-state index is 12.6. The Balaban J connectivity index is 1.60. The molecule has 0 aliphatic heterocycles. The predicted octanol–water partition coefficient (Wildman–Crippen LogP) is 4.27. The number of amides is 1. The van der Waals surface area contributed by atoms with Gasteiger partial charge in [0, 0.05) is 35.6 Å². The maximum Gasteiger partial charge on any atom is 0.232 e. The van der Waals surface area contributed by atoms with Crippen LogP contribution in [0.3, 0.4) is 0 Å². The molecule has 5 heteroatoms. The highest BCUT2D eigenvalue weighted by atomic mass is 32.1. The van der Waals surface area contributed by atoms with Crippen molar-refractivity contribution >= 4 is 27.9 Å². The lowest BCUT2D eigenvalue weighted by molar-refractivity contribution is -0.117. The van der Waals surface area contributed by atoms with Crippen molar-refractivity contribution in [2.45, 2.75) is 6.42 Å². The minimum atomic E-state index is 0.0564. The number of fused-ring (bicyclic) bond motifs is 1. The fourth-order valence-corrected chi connectivity index (χ4v) is 3.65. The van der Waals surface area contributed by atoms with Crippen LogP contribution in [0, 0.1) is 0 Å². The molecule has 4 nitrogen and oxygen atoms in total. The van der Waals surface area contributed by atoms with Crippen molar-refractivity contribution in [2.75, 3.05) is 11.9 Å². The number of aromatic nitrogens is 2. The number of rotatable bonds is 4. The fraction of sp³-hybridized carbons (Fsp3) is 0.100. The number of para-hydroxylation sites is 1.